The van der Waals surface area contributed by atoms with Crippen molar-refractivity contribution in [2.24, 2.45) is 4.99 Å². The average Bonchev–Trinajstić information content (AvgIpc) is 3.11. The van der Waals surface area contributed by atoms with Crippen molar-refractivity contribution in [1.82, 2.24) is 10.3 Å². The number of H-pyrrole nitrogens is 1. The lowest BCUT2D eigenvalue weighted by molar-refractivity contribution is -0.124. The van der Waals surface area contributed by atoms with Crippen LogP contribution in [-0.4, -0.2) is 22.5 Å². The molecule has 118 valence electrons. The monoisotopic (exact) mass is 317 g/mol. The summed E-state index contributed by atoms with van der Waals surface area (Å²) in [6.45, 7) is 1.93. The first-order valence-electron chi connectivity index (χ1n) is 7.70. The van der Waals surface area contributed by atoms with Crippen molar-refractivity contribution in [3.63, 3.8) is 0 Å². The van der Waals surface area contributed by atoms with Crippen LogP contribution in [-0.2, 0) is 9.59 Å². The molecule has 1 aliphatic rings. The zero-order chi connectivity index (χ0) is 16.7. The van der Waals surface area contributed by atoms with Crippen LogP contribution in [0.1, 0.15) is 17.0 Å². The van der Waals surface area contributed by atoms with Gasteiger partial charge in [-0.3, -0.25) is 14.9 Å². The van der Waals surface area contributed by atoms with Gasteiger partial charge in [-0.05, 0) is 30.2 Å². The normalized spacial score (nSPS) is 19.2. The third-order valence-corrected chi connectivity index (χ3v) is 4.29. The van der Waals surface area contributed by atoms with Crippen molar-refractivity contribution < 1.29 is 9.59 Å². The van der Waals surface area contributed by atoms with Crippen molar-refractivity contribution in [2.75, 3.05) is 0 Å². The molecular formula is C19H15N3O2. The zero-order valence-electron chi connectivity index (χ0n) is 13.0. The first kappa shape index (κ1) is 14.4. The number of fused-ring (bicyclic) bond motifs is 1. The highest BCUT2D eigenvalue weighted by Crippen LogP contribution is 2.31. The Morgan fingerprint density at radius 1 is 1.00 bits per heavy atom. The van der Waals surface area contributed by atoms with Gasteiger partial charge in [-0.2, -0.15) is 0 Å². The number of benzene rings is 2. The molecule has 0 radical (unpaired) electrons. The molecule has 5 nitrogen and oxygen atoms in total. The molecule has 1 aliphatic heterocycles. The van der Waals surface area contributed by atoms with Gasteiger partial charge in [0.05, 0.1) is 5.69 Å². The number of nitrogens with one attached hydrogen (secondary N) is 2. The van der Waals surface area contributed by atoms with E-state index in [1.54, 1.807) is 6.20 Å². The van der Waals surface area contributed by atoms with Crippen molar-refractivity contribution in [2.45, 2.75) is 12.8 Å². The zero-order valence-corrected chi connectivity index (χ0v) is 13.0. The van der Waals surface area contributed by atoms with Crippen LogP contribution in [0.3, 0.4) is 0 Å². The Bertz CT molecular complexity index is 1000. The Morgan fingerprint density at radius 2 is 1.75 bits per heavy atom. The van der Waals surface area contributed by atoms with E-state index < -0.39 is 11.8 Å². The van der Waals surface area contributed by atoms with Crippen LogP contribution in [0.2, 0.25) is 0 Å². The number of amides is 2. The maximum atomic E-state index is 12.4. The highest BCUT2D eigenvalue weighted by atomic mass is 16.2. The van der Waals surface area contributed by atoms with Crippen LogP contribution < -0.4 is 5.32 Å². The summed E-state index contributed by atoms with van der Waals surface area (Å²) in [5, 5.41) is 3.31. The van der Waals surface area contributed by atoms with E-state index in [1.165, 1.54) is 0 Å². The van der Waals surface area contributed by atoms with E-state index >= 15 is 0 Å². The first-order chi connectivity index (χ1) is 11.6. The van der Waals surface area contributed by atoms with Gasteiger partial charge in [-0.15, -0.1) is 0 Å². The Kier molecular flexibility index (Phi) is 3.27. The molecule has 2 aromatic carbocycles. The second-order valence-electron chi connectivity index (χ2n) is 5.82. The standard InChI is InChI=1S/C19H15N3O2/c1-11-6-2-4-8-14(11)21-17-16(18(23)22-19(17)24)13-10-20-15-9-5-3-7-12(13)15/h2-10,16,20H,1H3,(H,22,23,24). The van der Waals surface area contributed by atoms with Crippen LogP contribution in [0, 0.1) is 6.92 Å². The smallest absolute Gasteiger partial charge is 0.273 e. The molecule has 1 saturated heterocycles. The fourth-order valence-corrected chi connectivity index (χ4v) is 3.06. The number of hydrogen-bond donors (Lipinski definition) is 2. The predicted molar refractivity (Wildman–Crippen MR) is 92.5 cm³/mol. The second kappa shape index (κ2) is 5.45. The number of para-hydroxylation sites is 2. The third kappa shape index (κ3) is 2.22. The Labute approximate surface area is 138 Å². The highest BCUT2D eigenvalue weighted by molar-refractivity contribution is 6.52. The van der Waals surface area contributed by atoms with Crippen molar-refractivity contribution >= 4 is 34.1 Å². The van der Waals surface area contributed by atoms with Gasteiger partial charge >= 0.3 is 0 Å². The Morgan fingerprint density at radius 3 is 2.58 bits per heavy atom. The number of aromatic amines is 1. The molecule has 4 rings (SSSR count). The van der Waals surface area contributed by atoms with Crippen molar-refractivity contribution in [3.05, 3.63) is 65.9 Å². The minimum absolute atomic E-state index is 0.235. The number of nitrogens with zero attached hydrogens (tertiary/aromatic N) is 1. The van der Waals surface area contributed by atoms with E-state index in [1.807, 2.05) is 55.5 Å². The molecule has 1 aromatic heterocycles. The molecule has 0 spiro atoms. The lowest BCUT2D eigenvalue weighted by atomic mass is 9.95. The van der Waals surface area contributed by atoms with Gasteiger partial charge in [-0.25, -0.2) is 4.99 Å². The second-order valence-corrected chi connectivity index (χ2v) is 5.82. The minimum atomic E-state index is -0.701. The summed E-state index contributed by atoms with van der Waals surface area (Å²) in [4.78, 5) is 32.3. The summed E-state index contributed by atoms with van der Waals surface area (Å²) in [5.41, 5.74) is 3.58. The fraction of sp³-hybridized carbons (Fsp3) is 0.105. The third-order valence-electron chi connectivity index (χ3n) is 4.29. The van der Waals surface area contributed by atoms with Gasteiger partial charge in [0.15, 0.2) is 0 Å². The maximum Gasteiger partial charge on any atom is 0.273 e. The summed E-state index contributed by atoms with van der Waals surface area (Å²) in [6, 6.07) is 15.2. The summed E-state index contributed by atoms with van der Waals surface area (Å²) < 4.78 is 0. The molecule has 3 aromatic rings. The Balaban J connectivity index is 1.88. The SMILES string of the molecule is Cc1ccccc1N=C1C(=O)NC(=O)C1c1c[nH]c2ccccc12. The topological polar surface area (TPSA) is 74.3 Å². The van der Waals surface area contributed by atoms with E-state index in [4.69, 9.17) is 0 Å². The molecule has 0 bridgehead atoms. The fourth-order valence-electron chi connectivity index (χ4n) is 3.06. The number of aromatic nitrogens is 1. The summed E-state index contributed by atoms with van der Waals surface area (Å²) in [7, 11) is 0. The number of imide groups is 1. The largest absolute Gasteiger partial charge is 0.361 e. The van der Waals surface area contributed by atoms with Crippen LogP contribution in [0.15, 0.2) is 59.7 Å². The predicted octanol–water partition coefficient (Wildman–Crippen LogP) is 2.99. The average molecular weight is 317 g/mol. The highest BCUT2D eigenvalue weighted by Gasteiger charge is 2.40. The summed E-state index contributed by atoms with van der Waals surface area (Å²) >= 11 is 0. The van der Waals surface area contributed by atoms with E-state index in [-0.39, 0.29) is 11.6 Å². The van der Waals surface area contributed by atoms with Crippen LogP contribution >= 0.6 is 0 Å². The minimum Gasteiger partial charge on any atom is -0.361 e. The van der Waals surface area contributed by atoms with Gasteiger partial charge in [0.25, 0.3) is 5.91 Å². The summed E-state index contributed by atoms with van der Waals surface area (Å²) in [5.74, 6) is -1.47. The molecule has 2 N–H and O–H groups in total. The Hall–Kier alpha value is -3.21. The number of hydrogen-bond acceptors (Lipinski definition) is 3. The number of aryl methyl sites for hydroxylation is 1. The quantitative estimate of drug-likeness (QED) is 0.713. The molecule has 24 heavy (non-hydrogen) atoms. The van der Waals surface area contributed by atoms with Crippen LogP contribution in [0.5, 0.6) is 0 Å². The van der Waals surface area contributed by atoms with E-state index in [0.29, 0.717) is 5.69 Å². The van der Waals surface area contributed by atoms with Crippen LogP contribution in [0.4, 0.5) is 5.69 Å². The molecule has 1 unspecified atom stereocenters. The van der Waals surface area contributed by atoms with Gasteiger partial charge in [0.2, 0.25) is 5.91 Å². The van der Waals surface area contributed by atoms with Gasteiger partial charge in [-0.1, -0.05) is 36.4 Å². The van der Waals surface area contributed by atoms with Crippen molar-refractivity contribution in [3.8, 4) is 0 Å². The van der Waals surface area contributed by atoms with E-state index in [2.05, 4.69) is 15.3 Å². The number of carbonyl (C=O) groups excluding carboxylic acids is 2. The lowest BCUT2D eigenvalue weighted by Crippen LogP contribution is -2.22. The van der Waals surface area contributed by atoms with Gasteiger partial charge in [0.1, 0.15) is 11.6 Å². The molecule has 5 heteroatoms. The lowest BCUT2D eigenvalue weighted by Gasteiger charge is -2.07. The van der Waals surface area contributed by atoms with Gasteiger partial charge < -0.3 is 4.98 Å². The number of aliphatic imine (C=N–C) groups is 1. The maximum absolute atomic E-state index is 12.4. The number of rotatable bonds is 2. The molecule has 2 heterocycles. The van der Waals surface area contributed by atoms with Gasteiger partial charge in [0, 0.05) is 17.1 Å². The number of carbonyl (C=O) groups is 2. The van der Waals surface area contributed by atoms with E-state index in [9.17, 15) is 9.59 Å². The summed E-state index contributed by atoms with van der Waals surface area (Å²) in [6.07, 6.45) is 1.78. The van der Waals surface area contributed by atoms with Crippen LogP contribution in [0.25, 0.3) is 10.9 Å². The molecule has 2 amide bonds. The molecular weight excluding hydrogens is 302 g/mol. The first-order valence-corrected chi connectivity index (χ1v) is 7.70. The molecule has 0 saturated carbocycles. The molecule has 1 fully saturated rings. The van der Waals surface area contributed by atoms with E-state index in [0.717, 1.165) is 22.0 Å². The van der Waals surface area contributed by atoms with Crippen molar-refractivity contribution in [1.29, 1.82) is 0 Å². The molecule has 0 aliphatic carbocycles. The molecule has 1 atom stereocenters.